The van der Waals surface area contributed by atoms with Crippen molar-refractivity contribution >= 4 is 35.8 Å². The maximum absolute atomic E-state index is 4.83. The molecule has 1 fully saturated rings. The van der Waals surface area contributed by atoms with E-state index in [4.69, 9.17) is 4.99 Å². The Morgan fingerprint density at radius 2 is 2.04 bits per heavy atom. The Bertz CT molecular complexity index is 693. The number of anilines is 1. The molecule has 0 aliphatic carbocycles. The normalized spacial score (nSPS) is 14.8. The number of rotatable bonds is 6. The van der Waals surface area contributed by atoms with Crippen LogP contribution in [0.2, 0.25) is 0 Å². The molecule has 0 unspecified atom stereocenters. The van der Waals surface area contributed by atoms with Gasteiger partial charge < -0.3 is 15.1 Å². The minimum atomic E-state index is 0. The van der Waals surface area contributed by atoms with E-state index in [9.17, 15) is 0 Å². The summed E-state index contributed by atoms with van der Waals surface area (Å²) in [6.45, 7) is 7.71. The SMILES string of the molecule is CCNC(=NCCCc1cnn(C)c1)N1CCN(c2ccccn2)CC1.I. The standard InChI is InChI=1S/C19H29N7.HI/c1-3-20-19(22-10-6-7-17-15-23-24(2)16-17)26-13-11-25(12-14-26)18-8-4-5-9-21-18;/h4-5,8-9,15-16H,3,6-7,10-14H2,1-2H3,(H,20,22);1H. The van der Waals surface area contributed by atoms with Gasteiger partial charge in [0, 0.05) is 58.7 Å². The molecule has 2 aromatic rings. The molecule has 0 amide bonds. The molecular formula is C19H30IN7. The second kappa shape index (κ2) is 11.1. The van der Waals surface area contributed by atoms with Crippen LogP contribution >= 0.6 is 24.0 Å². The predicted molar refractivity (Wildman–Crippen MR) is 121 cm³/mol. The van der Waals surface area contributed by atoms with Crippen molar-refractivity contribution in [2.75, 3.05) is 44.2 Å². The molecule has 27 heavy (non-hydrogen) atoms. The molecule has 2 aromatic heterocycles. The number of nitrogens with one attached hydrogen (secondary N) is 1. The fourth-order valence-electron chi connectivity index (χ4n) is 3.18. The van der Waals surface area contributed by atoms with E-state index in [1.165, 1.54) is 5.56 Å². The van der Waals surface area contributed by atoms with Gasteiger partial charge in [-0.05, 0) is 37.5 Å². The number of aromatic nitrogens is 3. The van der Waals surface area contributed by atoms with Crippen LogP contribution in [0.1, 0.15) is 18.9 Å². The van der Waals surface area contributed by atoms with E-state index in [1.54, 1.807) is 0 Å². The van der Waals surface area contributed by atoms with Gasteiger partial charge in [0.25, 0.3) is 0 Å². The molecule has 148 valence electrons. The zero-order chi connectivity index (χ0) is 18.2. The first kappa shape index (κ1) is 21.5. The number of aliphatic imine (C=N–C) groups is 1. The molecule has 0 radical (unpaired) electrons. The summed E-state index contributed by atoms with van der Waals surface area (Å²) in [6, 6.07) is 6.08. The topological polar surface area (TPSA) is 61.6 Å². The lowest BCUT2D eigenvalue weighted by atomic mass is 10.2. The highest BCUT2D eigenvalue weighted by molar-refractivity contribution is 14.0. The average molecular weight is 483 g/mol. The third-order valence-corrected chi connectivity index (χ3v) is 4.53. The molecule has 7 nitrogen and oxygen atoms in total. The van der Waals surface area contributed by atoms with Crippen LogP contribution in [0.3, 0.4) is 0 Å². The van der Waals surface area contributed by atoms with Gasteiger partial charge in [-0.2, -0.15) is 5.10 Å². The number of aryl methyl sites for hydroxylation is 2. The van der Waals surface area contributed by atoms with Gasteiger partial charge in [-0.1, -0.05) is 6.07 Å². The molecule has 0 spiro atoms. The summed E-state index contributed by atoms with van der Waals surface area (Å²) in [5.41, 5.74) is 1.27. The van der Waals surface area contributed by atoms with Crippen LogP contribution in [0.25, 0.3) is 0 Å². The molecule has 0 bridgehead atoms. The van der Waals surface area contributed by atoms with Gasteiger partial charge in [-0.25, -0.2) is 4.98 Å². The first-order valence-corrected chi connectivity index (χ1v) is 9.43. The molecule has 0 aromatic carbocycles. The number of halogens is 1. The molecule has 1 aliphatic rings. The van der Waals surface area contributed by atoms with E-state index >= 15 is 0 Å². The molecule has 1 aliphatic heterocycles. The zero-order valence-corrected chi connectivity index (χ0v) is 18.5. The number of hydrogen-bond acceptors (Lipinski definition) is 4. The minimum Gasteiger partial charge on any atom is -0.357 e. The lowest BCUT2D eigenvalue weighted by molar-refractivity contribution is 0.371. The van der Waals surface area contributed by atoms with Crippen LogP contribution in [0, 0.1) is 0 Å². The number of hydrogen-bond donors (Lipinski definition) is 1. The number of nitrogens with zero attached hydrogens (tertiary/aromatic N) is 6. The smallest absolute Gasteiger partial charge is 0.194 e. The molecule has 8 heteroatoms. The third-order valence-electron chi connectivity index (χ3n) is 4.53. The van der Waals surface area contributed by atoms with Crippen molar-refractivity contribution in [3.63, 3.8) is 0 Å². The monoisotopic (exact) mass is 483 g/mol. The van der Waals surface area contributed by atoms with Crippen LogP contribution in [-0.4, -0.2) is 64.9 Å². The van der Waals surface area contributed by atoms with Crippen LogP contribution in [-0.2, 0) is 13.5 Å². The summed E-state index contributed by atoms with van der Waals surface area (Å²) >= 11 is 0. The molecule has 3 heterocycles. The van der Waals surface area contributed by atoms with E-state index in [0.29, 0.717) is 0 Å². The lowest BCUT2D eigenvalue weighted by Crippen LogP contribution is -2.52. The number of piperazine rings is 1. The Balaban J connectivity index is 0.00000261. The highest BCUT2D eigenvalue weighted by Crippen LogP contribution is 2.12. The number of guanidine groups is 1. The summed E-state index contributed by atoms with van der Waals surface area (Å²) in [6.07, 6.45) is 7.92. The van der Waals surface area contributed by atoms with Gasteiger partial charge in [0.05, 0.1) is 6.20 Å². The Morgan fingerprint density at radius 3 is 2.67 bits per heavy atom. The average Bonchev–Trinajstić information content (AvgIpc) is 3.10. The van der Waals surface area contributed by atoms with E-state index in [1.807, 2.05) is 36.3 Å². The lowest BCUT2D eigenvalue weighted by Gasteiger charge is -2.37. The third kappa shape index (κ3) is 6.37. The molecule has 3 rings (SSSR count). The quantitative estimate of drug-likeness (QED) is 0.296. The Hall–Kier alpha value is -1.84. The van der Waals surface area contributed by atoms with Crippen molar-refractivity contribution in [3.8, 4) is 0 Å². The highest BCUT2D eigenvalue weighted by atomic mass is 127. The van der Waals surface area contributed by atoms with Gasteiger partial charge in [-0.3, -0.25) is 9.67 Å². The van der Waals surface area contributed by atoms with Crippen LogP contribution in [0.4, 0.5) is 5.82 Å². The molecule has 0 atom stereocenters. The van der Waals surface area contributed by atoms with Gasteiger partial charge in [0.15, 0.2) is 5.96 Å². The fourth-order valence-corrected chi connectivity index (χ4v) is 3.18. The molecular weight excluding hydrogens is 453 g/mol. The van der Waals surface area contributed by atoms with Crippen molar-refractivity contribution < 1.29 is 0 Å². The van der Waals surface area contributed by atoms with Crippen molar-refractivity contribution in [2.45, 2.75) is 19.8 Å². The summed E-state index contributed by atoms with van der Waals surface area (Å²) < 4.78 is 1.85. The van der Waals surface area contributed by atoms with Crippen molar-refractivity contribution in [1.29, 1.82) is 0 Å². The van der Waals surface area contributed by atoms with Gasteiger partial charge in [0.1, 0.15) is 5.82 Å². The van der Waals surface area contributed by atoms with Crippen LogP contribution < -0.4 is 10.2 Å². The molecule has 0 saturated carbocycles. The van der Waals surface area contributed by atoms with Crippen LogP contribution in [0.5, 0.6) is 0 Å². The molecule has 1 saturated heterocycles. The maximum atomic E-state index is 4.83. The second-order valence-corrected chi connectivity index (χ2v) is 6.52. The predicted octanol–water partition coefficient (Wildman–Crippen LogP) is 2.15. The summed E-state index contributed by atoms with van der Waals surface area (Å²) in [5, 5.41) is 7.65. The van der Waals surface area contributed by atoms with Crippen LogP contribution in [0.15, 0.2) is 41.8 Å². The van der Waals surface area contributed by atoms with Gasteiger partial charge in [-0.15, -0.1) is 24.0 Å². The Morgan fingerprint density at radius 1 is 1.22 bits per heavy atom. The maximum Gasteiger partial charge on any atom is 0.194 e. The minimum absolute atomic E-state index is 0. The number of pyridine rings is 1. The summed E-state index contributed by atoms with van der Waals surface area (Å²) in [4.78, 5) is 14.0. The van der Waals surface area contributed by atoms with Crippen molar-refractivity contribution in [2.24, 2.45) is 12.0 Å². The van der Waals surface area contributed by atoms with E-state index in [0.717, 1.165) is 63.9 Å². The van der Waals surface area contributed by atoms with Crippen molar-refractivity contribution in [1.82, 2.24) is 25.0 Å². The zero-order valence-electron chi connectivity index (χ0n) is 16.2. The summed E-state index contributed by atoms with van der Waals surface area (Å²) in [5.74, 6) is 2.09. The largest absolute Gasteiger partial charge is 0.357 e. The Kier molecular flexibility index (Phi) is 8.83. The van der Waals surface area contributed by atoms with E-state index < -0.39 is 0 Å². The van der Waals surface area contributed by atoms with E-state index in [-0.39, 0.29) is 24.0 Å². The van der Waals surface area contributed by atoms with Gasteiger partial charge in [0.2, 0.25) is 0 Å². The van der Waals surface area contributed by atoms with Gasteiger partial charge >= 0.3 is 0 Å². The first-order valence-electron chi connectivity index (χ1n) is 9.43. The first-order chi connectivity index (χ1) is 12.8. The fraction of sp³-hybridized carbons (Fsp3) is 0.526. The Labute approximate surface area is 178 Å². The molecule has 1 N–H and O–H groups in total. The highest BCUT2D eigenvalue weighted by Gasteiger charge is 2.20. The second-order valence-electron chi connectivity index (χ2n) is 6.52. The van der Waals surface area contributed by atoms with E-state index in [2.05, 4.69) is 44.4 Å². The summed E-state index contributed by atoms with van der Waals surface area (Å²) in [7, 11) is 1.95. The van der Waals surface area contributed by atoms with Crippen molar-refractivity contribution in [3.05, 3.63) is 42.4 Å².